The molecule has 1 atom stereocenters. The normalized spacial score (nSPS) is 16.5. The SMILES string of the molecule is COC(=O)N1CCN(C(=O)C(N)c2ccc(C)cc2)CC1. The molecule has 0 saturated carbocycles. The van der Waals surface area contributed by atoms with Gasteiger partial charge in [0.2, 0.25) is 5.91 Å². The average Bonchev–Trinajstić information content (AvgIpc) is 2.53. The summed E-state index contributed by atoms with van der Waals surface area (Å²) in [6.07, 6.45) is -0.357. The van der Waals surface area contributed by atoms with Gasteiger partial charge in [0.05, 0.1) is 7.11 Å². The molecule has 114 valence electrons. The number of hydrogen-bond donors (Lipinski definition) is 1. The van der Waals surface area contributed by atoms with E-state index in [9.17, 15) is 9.59 Å². The molecular weight excluding hydrogens is 270 g/mol. The van der Waals surface area contributed by atoms with Gasteiger partial charge in [-0.3, -0.25) is 4.79 Å². The Hall–Kier alpha value is -2.08. The zero-order valence-electron chi connectivity index (χ0n) is 12.4. The third-order valence-electron chi connectivity index (χ3n) is 3.73. The second kappa shape index (κ2) is 6.58. The molecule has 0 aromatic heterocycles. The summed E-state index contributed by atoms with van der Waals surface area (Å²) in [5.41, 5.74) is 7.98. The van der Waals surface area contributed by atoms with Gasteiger partial charge in [0.25, 0.3) is 0 Å². The number of rotatable bonds is 2. The van der Waals surface area contributed by atoms with E-state index in [1.165, 1.54) is 7.11 Å². The van der Waals surface area contributed by atoms with Gasteiger partial charge in [-0.05, 0) is 12.5 Å². The fourth-order valence-electron chi connectivity index (χ4n) is 2.35. The van der Waals surface area contributed by atoms with Crippen molar-refractivity contribution >= 4 is 12.0 Å². The smallest absolute Gasteiger partial charge is 0.409 e. The van der Waals surface area contributed by atoms with Gasteiger partial charge in [-0.1, -0.05) is 29.8 Å². The van der Waals surface area contributed by atoms with E-state index in [0.29, 0.717) is 26.2 Å². The number of hydrogen-bond acceptors (Lipinski definition) is 4. The van der Waals surface area contributed by atoms with Crippen LogP contribution >= 0.6 is 0 Å². The predicted molar refractivity (Wildman–Crippen MR) is 78.7 cm³/mol. The van der Waals surface area contributed by atoms with Gasteiger partial charge >= 0.3 is 6.09 Å². The van der Waals surface area contributed by atoms with Gasteiger partial charge in [0.1, 0.15) is 6.04 Å². The Balaban J connectivity index is 1.95. The molecule has 21 heavy (non-hydrogen) atoms. The minimum atomic E-state index is -0.657. The van der Waals surface area contributed by atoms with Crippen LogP contribution in [0, 0.1) is 6.92 Å². The molecule has 1 saturated heterocycles. The Labute approximate surface area is 124 Å². The van der Waals surface area contributed by atoms with E-state index in [4.69, 9.17) is 5.73 Å². The predicted octanol–water partition coefficient (Wildman–Crippen LogP) is 0.905. The second-order valence-corrected chi connectivity index (χ2v) is 5.17. The summed E-state index contributed by atoms with van der Waals surface area (Å²) in [4.78, 5) is 27.1. The Morgan fingerprint density at radius 3 is 2.14 bits per heavy atom. The number of amides is 2. The Bertz CT molecular complexity index is 507. The summed E-state index contributed by atoms with van der Waals surface area (Å²) >= 11 is 0. The van der Waals surface area contributed by atoms with Crippen LogP contribution in [-0.4, -0.2) is 55.1 Å². The van der Waals surface area contributed by atoms with Crippen LogP contribution in [0.2, 0.25) is 0 Å². The lowest BCUT2D eigenvalue weighted by Gasteiger charge is -2.35. The van der Waals surface area contributed by atoms with Crippen LogP contribution in [0.4, 0.5) is 4.79 Å². The van der Waals surface area contributed by atoms with Crippen LogP contribution in [0.5, 0.6) is 0 Å². The molecule has 6 nitrogen and oxygen atoms in total. The lowest BCUT2D eigenvalue weighted by molar-refractivity contribution is -0.134. The molecule has 1 aliphatic heterocycles. The maximum Gasteiger partial charge on any atom is 0.409 e. The molecule has 0 bridgehead atoms. The average molecular weight is 291 g/mol. The molecule has 1 heterocycles. The number of ether oxygens (including phenoxy) is 1. The molecule has 1 aliphatic rings. The molecule has 2 N–H and O–H groups in total. The fourth-order valence-corrected chi connectivity index (χ4v) is 2.35. The number of methoxy groups -OCH3 is 1. The first-order chi connectivity index (χ1) is 10.0. The first-order valence-corrected chi connectivity index (χ1v) is 6.96. The fraction of sp³-hybridized carbons (Fsp3) is 0.467. The van der Waals surface area contributed by atoms with Gasteiger partial charge < -0.3 is 20.3 Å². The van der Waals surface area contributed by atoms with E-state index in [2.05, 4.69) is 4.74 Å². The Kier molecular flexibility index (Phi) is 4.80. The van der Waals surface area contributed by atoms with Gasteiger partial charge in [0.15, 0.2) is 0 Å². The number of piperazine rings is 1. The first kappa shape index (κ1) is 15.3. The largest absolute Gasteiger partial charge is 0.453 e. The highest BCUT2D eigenvalue weighted by molar-refractivity contribution is 5.83. The minimum absolute atomic E-state index is 0.108. The number of benzene rings is 1. The maximum atomic E-state index is 12.4. The van der Waals surface area contributed by atoms with E-state index in [1.807, 2.05) is 31.2 Å². The highest BCUT2D eigenvalue weighted by atomic mass is 16.5. The quantitative estimate of drug-likeness (QED) is 0.878. The van der Waals surface area contributed by atoms with Gasteiger partial charge in [-0.15, -0.1) is 0 Å². The minimum Gasteiger partial charge on any atom is -0.453 e. The lowest BCUT2D eigenvalue weighted by atomic mass is 10.0. The van der Waals surface area contributed by atoms with Crippen LogP contribution in [0.25, 0.3) is 0 Å². The molecule has 1 aromatic carbocycles. The summed E-state index contributed by atoms with van der Waals surface area (Å²) in [5, 5.41) is 0. The van der Waals surface area contributed by atoms with Crippen molar-refractivity contribution in [1.29, 1.82) is 0 Å². The van der Waals surface area contributed by atoms with E-state index in [1.54, 1.807) is 9.80 Å². The number of carbonyl (C=O) groups excluding carboxylic acids is 2. The zero-order valence-corrected chi connectivity index (χ0v) is 12.4. The summed E-state index contributed by atoms with van der Waals surface area (Å²) in [7, 11) is 1.35. The molecule has 2 amide bonds. The van der Waals surface area contributed by atoms with Crippen molar-refractivity contribution in [3.63, 3.8) is 0 Å². The Morgan fingerprint density at radius 2 is 1.62 bits per heavy atom. The van der Waals surface area contributed by atoms with Crippen LogP contribution in [0.3, 0.4) is 0 Å². The summed E-state index contributed by atoms with van der Waals surface area (Å²) in [5.74, 6) is -0.108. The number of nitrogens with two attached hydrogens (primary N) is 1. The summed E-state index contributed by atoms with van der Waals surface area (Å²) in [6, 6.07) is 6.98. The van der Waals surface area contributed by atoms with Crippen LogP contribution in [0.1, 0.15) is 17.2 Å². The number of carbonyl (C=O) groups is 2. The van der Waals surface area contributed by atoms with E-state index < -0.39 is 6.04 Å². The van der Waals surface area contributed by atoms with Crippen molar-refractivity contribution in [3.05, 3.63) is 35.4 Å². The third kappa shape index (κ3) is 3.52. The van der Waals surface area contributed by atoms with E-state index in [0.717, 1.165) is 11.1 Å². The molecule has 1 fully saturated rings. The van der Waals surface area contributed by atoms with Gasteiger partial charge in [-0.2, -0.15) is 0 Å². The Morgan fingerprint density at radius 1 is 1.10 bits per heavy atom. The van der Waals surface area contributed by atoms with Gasteiger partial charge in [0, 0.05) is 26.2 Å². The summed E-state index contributed by atoms with van der Waals surface area (Å²) in [6.45, 7) is 3.89. The van der Waals surface area contributed by atoms with E-state index in [-0.39, 0.29) is 12.0 Å². The standard InChI is InChI=1S/C15H21N3O3/c1-11-3-5-12(6-4-11)13(16)14(19)17-7-9-18(10-8-17)15(20)21-2/h3-6,13H,7-10,16H2,1-2H3. The van der Waals surface area contributed by atoms with Crippen molar-refractivity contribution in [3.8, 4) is 0 Å². The molecule has 1 unspecified atom stereocenters. The lowest BCUT2D eigenvalue weighted by Crippen LogP contribution is -2.52. The molecular formula is C15H21N3O3. The second-order valence-electron chi connectivity index (χ2n) is 5.17. The first-order valence-electron chi connectivity index (χ1n) is 6.96. The highest BCUT2D eigenvalue weighted by Gasteiger charge is 2.28. The highest BCUT2D eigenvalue weighted by Crippen LogP contribution is 2.15. The monoisotopic (exact) mass is 291 g/mol. The van der Waals surface area contributed by atoms with Crippen LogP contribution in [-0.2, 0) is 9.53 Å². The molecule has 2 rings (SSSR count). The third-order valence-corrected chi connectivity index (χ3v) is 3.73. The van der Waals surface area contributed by atoms with Crippen molar-refractivity contribution in [2.75, 3.05) is 33.3 Å². The molecule has 0 spiro atoms. The number of nitrogens with zero attached hydrogens (tertiary/aromatic N) is 2. The topological polar surface area (TPSA) is 75.9 Å². The van der Waals surface area contributed by atoms with Crippen LogP contribution in [0.15, 0.2) is 24.3 Å². The van der Waals surface area contributed by atoms with Crippen molar-refractivity contribution in [2.45, 2.75) is 13.0 Å². The van der Waals surface area contributed by atoms with Gasteiger partial charge in [-0.25, -0.2) is 4.79 Å². The zero-order chi connectivity index (χ0) is 15.4. The number of aryl methyl sites for hydroxylation is 1. The molecule has 1 aromatic rings. The molecule has 6 heteroatoms. The summed E-state index contributed by atoms with van der Waals surface area (Å²) < 4.78 is 4.67. The molecule has 0 radical (unpaired) electrons. The maximum absolute atomic E-state index is 12.4. The van der Waals surface area contributed by atoms with Crippen molar-refractivity contribution in [1.82, 2.24) is 9.80 Å². The van der Waals surface area contributed by atoms with E-state index >= 15 is 0 Å². The van der Waals surface area contributed by atoms with Crippen LogP contribution < -0.4 is 5.73 Å². The van der Waals surface area contributed by atoms with Crippen molar-refractivity contribution < 1.29 is 14.3 Å². The van der Waals surface area contributed by atoms with Crippen molar-refractivity contribution in [2.24, 2.45) is 5.73 Å². The molecule has 0 aliphatic carbocycles.